The van der Waals surface area contributed by atoms with Gasteiger partial charge in [-0.3, -0.25) is 4.90 Å². The summed E-state index contributed by atoms with van der Waals surface area (Å²) in [5, 5.41) is 0. The standard InChI is InChI=1S/C19H22N2O3/c1-23-18-9-7-17(8-10-18)21-12-11-20(19(21)22)13-14-24-15-16-5-3-2-4-6-16/h2-10H,11-15H2,1H3. The number of hydrogen-bond acceptors (Lipinski definition) is 3. The molecule has 0 N–H and O–H groups in total. The van der Waals surface area contributed by atoms with Gasteiger partial charge in [-0.05, 0) is 29.8 Å². The Hall–Kier alpha value is -2.53. The zero-order chi connectivity index (χ0) is 16.8. The summed E-state index contributed by atoms with van der Waals surface area (Å²) in [4.78, 5) is 16.1. The highest BCUT2D eigenvalue weighted by molar-refractivity contribution is 5.94. The Morgan fingerprint density at radius 1 is 1.00 bits per heavy atom. The predicted molar refractivity (Wildman–Crippen MR) is 93.4 cm³/mol. The van der Waals surface area contributed by atoms with Crippen LogP contribution in [0.1, 0.15) is 5.56 Å². The Kier molecular flexibility index (Phi) is 5.33. The molecule has 0 aliphatic carbocycles. The number of amides is 2. The second-order valence-electron chi connectivity index (χ2n) is 5.66. The van der Waals surface area contributed by atoms with Crippen LogP contribution in [0.3, 0.4) is 0 Å². The first-order valence-corrected chi connectivity index (χ1v) is 8.10. The van der Waals surface area contributed by atoms with Crippen LogP contribution >= 0.6 is 0 Å². The summed E-state index contributed by atoms with van der Waals surface area (Å²) in [7, 11) is 1.63. The van der Waals surface area contributed by atoms with Gasteiger partial charge in [0.1, 0.15) is 5.75 Å². The summed E-state index contributed by atoms with van der Waals surface area (Å²) in [6, 6.07) is 17.6. The van der Waals surface area contributed by atoms with Crippen molar-refractivity contribution in [2.24, 2.45) is 0 Å². The molecular formula is C19H22N2O3. The van der Waals surface area contributed by atoms with E-state index in [1.807, 2.05) is 59.5 Å². The van der Waals surface area contributed by atoms with Crippen molar-refractivity contribution >= 4 is 11.7 Å². The molecule has 1 aliphatic rings. The molecule has 5 nitrogen and oxygen atoms in total. The summed E-state index contributed by atoms with van der Waals surface area (Å²) < 4.78 is 10.8. The van der Waals surface area contributed by atoms with Crippen molar-refractivity contribution in [3.05, 3.63) is 60.2 Å². The Bertz CT molecular complexity index is 658. The normalized spacial score (nSPS) is 14.3. The van der Waals surface area contributed by atoms with Gasteiger partial charge in [-0.25, -0.2) is 4.79 Å². The van der Waals surface area contributed by atoms with Gasteiger partial charge in [0.15, 0.2) is 0 Å². The van der Waals surface area contributed by atoms with Gasteiger partial charge in [-0.1, -0.05) is 30.3 Å². The smallest absolute Gasteiger partial charge is 0.324 e. The van der Waals surface area contributed by atoms with E-state index in [4.69, 9.17) is 9.47 Å². The fraction of sp³-hybridized carbons (Fsp3) is 0.316. The minimum Gasteiger partial charge on any atom is -0.497 e. The van der Waals surface area contributed by atoms with Crippen molar-refractivity contribution in [2.45, 2.75) is 6.61 Å². The quantitative estimate of drug-likeness (QED) is 0.734. The molecule has 1 fully saturated rings. The Morgan fingerprint density at radius 2 is 1.75 bits per heavy atom. The molecule has 2 aromatic carbocycles. The van der Waals surface area contributed by atoms with Crippen LogP contribution in [0.4, 0.5) is 10.5 Å². The lowest BCUT2D eigenvalue weighted by Crippen LogP contribution is -2.33. The van der Waals surface area contributed by atoms with Gasteiger partial charge in [0.05, 0.1) is 20.3 Å². The topological polar surface area (TPSA) is 42.0 Å². The van der Waals surface area contributed by atoms with Crippen LogP contribution in [0.2, 0.25) is 0 Å². The summed E-state index contributed by atoms with van der Waals surface area (Å²) in [5.74, 6) is 0.788. The molecule has 3 rings (SSSR count). The molecule has 0 unspecified atom stereocenters. The van der Waals surface area contributed by atoms with Crippen LogP contribution in [0.15, 0.2) is 54.6 Å². The third-order valence-electron chi connectivity index (χ3n) is 4.10. The van der Waals surface area contributed by atoms with Crippen molar-refractivity contribution in [2.75, 3.05) is 38.3 Å². The number of carbonyl (C=O) groups excluding carboxylic acids is 1. The summed E-state index contributed by atoms with van der Waals surface area (Å²) in [6.45, 7) is 3.14. The average molecular weight is 326 g/mol. The lowest BCUT2D eigenvalue weighted by molar-refractivity contribution is 0.104. The first kappa shape index (κ1) is 16.3. The Morgan fingerprint density at radius 3 is 2.46 bits per heavy atom. The average Bonchev–Trinajstić information content (AvgIpc) is 3.00. The zero-order valence-corrected chi connectivity index (χ0v) is 13.9. The maximum Gasteiger partial charge on any atom is 0.324 e. The summed E-state index contributed by atoms with van der Waals surface area (Å²) >= 11 is 0. The van der Waals surface area contributed by atoms with Crippen LogP contribution in [-0.4, -0.2) is 44.3 Å². The molecule has 0 spiro atoms. The molecule has 1 saturated heterocycles. The number of nitrogens with zero attached hydrogens (tertiary/aromatic N) is 2. The molecule has 24 heavy (non-hydrogen) atoms. The molecule has 2 aromatic rings. The van der Waals surface area contributed by atoms with Gasteiger partial charge >= 0.3 is 6.03 Å². The lowest BCUT2D eigenvalue weighted by Gasteiger charge is -2.19. The largest absolute Gasteiger partial charge is 0.497 e. The lowest BCUT2D eigenvalue weighted by atomic mass is 10.2. The number of carbonyl (C=O) groups is 1. The first-order valence-electron chi connectivity index (χ1n) is 8.10. The monoisotopic (exact) mass is 326 g/mol. The van der Waals surface area contributed by atoms with E-state index in [0.29, 0.717) is 26.3 Å². The molecule has 126 valence electrons. The van der Waals surface area contributed by atoms with Crippen molar-refractivity contribution in [1.82, 2.24) is 4.90 Å². The van der Waals surface area contributed by atoms with Gasteiger partial charge < -0.3 is 14.4 Å². The van der Waals surface area contributed by atoms with E-state index in [2.05, 4.69) is 0 Å². The maximum absolute atomic E-state index is 12.5. The van der Waals surface area contributed by atoms with E-state index in [9.17, 15) is 4.79 Å². The molecule has 0 atom stereocenters. The molecule has 0 radical (unpaired) electrons. The summed E-state index contributed by atoms with van der Waals surface area (Å²) in [6.07, 6.45) is 0. The van der Waals surface area contributed by atoms with Crippen molar-refractivity contribution in [1.29, 1.82) is 0 Å². The van der Waals surface area contributed by atoms with E-state index < -0.39 is 0 Å². The molecular weight excluding hydrogens is 304 g/mol. The number of hydrogen-bond donors (Lipinski definition) is 0. The van der Waals surface area contributed by atoms with E-state index >= 15 is 0 Å². The van der Waals surface area contributed by atoms with Gasteiger partial charge in [0.25, 0.3) is 0 Å². The molecule has 1 heterocycles. The highest BCUT2D eigenvalue weighted by Crippen LogP contribution is 2.23. The number of benzene rings is 2. The van der Waals surface area contributed by atoms with Gasteiger partial charge in [-0.2, -0.15) is 0 Å². The molecule has 0 aromatic heterocycles. The molecule has 2 amide bonds. The van der Waals surface area contributed by atoms with Crippen molar-refractivity contribution in [3.8, 4) is 5.75 Å². The second kappa shape index (κ2) is 7.84. The number of rotatable bonds is 7. The number of anilines is 1. The van der Waals surface area contributed by atoms with Crippen LogP contribution in [-0.2, 0) is 11.3 Å². The number of ether oxygens (including phenoxy) is 2. The van der Waals surface area contributed by atoms with Crippen molar-refractivity contribution < 1.29 is 14.3 Å². The van der Waals surface area contributed by atoms with E-state index in [1.54, 1.807) is 12.0 Å². The maximum atomic E-state index is 12.5. The Balaban J connectivity index is 1.47. The van der Waals surface area contributed by atoms with Crippen LogP contribution in [0, 0.1) is 0 Å². The van der Waals surface area contributed by atoms with E-state index in [-0.39, 0.29) is 6.03 Å². The third kappa shape index (κ3) is 3.86. The fourth-order valence-electron chi connectivity index (χ4n) is 2.73. The zero-order valence-electron chi connectivity index (χ0n) is 13.9. The highest BCUT2D eigenvalue weighted by atomic mass is 16.5. The predicted octanol–water partition coefficient (Wildman–Crippen LogP) is 3.15. The van der Waals surface area contributed by atoms with E-state index in [0.717, 1.165) is 23.5 Å². The van der Waals surface area contributed by atoms with Crippen LogP contribution in [0.25, 0.3) is 0 Å². The molecule has 0 bridgehead atoms. The molecule has 0 saturated carbocycles. The number of urea groups is 1. The van der Waals surface area contributed by atoms with E-state index in [1.165, 1.54) is 0 Å². The minimum atomic E-state index is 0.0310. The van der Waals surface area contributed by atoms with Gasteiger partial charge in [0.2, 0.25) is 0 Å². The first-order chi connectivity index (χ1) is 11.8. The summed E-state index contributed by atoms with van der Waals surface area (Å²) in [5.41, 5.74) is 2.04. The third-order valence-corrected chi connectivity index (χ3v) is 4.10. The van der Waals surface area contributed by atoms with Gasteiger partial charge in [-0.15, -0.1) is 0 Å². The van der Waals surface area contributed by atoms with Crippen LogP contribution < -0.4 is 9.64 Å². The van der Waals surface area contributed by atoms with Gasteiger partial charge in [0, 0.05) is 25.3 Å². The highest BCUT2D eigenvalue weighted by Gasteiger charge is 2.29. The minimum absolute atomic E-state index is 0.0310. The van der Waals surface area contributed by atoms with Crippen LogP contribution in [0.5, 0.6) is 5.75 Å². The SMILES string of the molecule is COc1ccc(N2CCN(CCOCc3ccccc3)C2=O)cc1. The number of methoxy groups -OCH3 is 1. The Labute approximate surface area is 142 Å². The fourth-order valence-corrected chi connectivity index (χ4v) is 2.73. The second-order valence-corrected chi connectivity index (χ2v) is 5.66. The molecule has 1 aliphatic heterocycles. The molecule has 5 heteroatoms. The van der Waals surface area contributed by atoms with Crippen molar-refractivity contribution in [3.63, 3.8) is 0 Å².